The normalized spacial score (nSPS) is 11.7. The monoisotopic (exact) mass is 573 g/mol. The number of carbonyl (C=O) groups is 1. The maximum Gasteiger partial charge on any atom is 0.435 e. The van der Waals surface area contributed by atoms with Crippen LogP contribution in [0.1, 0.15) is 21.7 Å². The van der Waals surface area contributed by atoms with Crippen LogP contribution < -0.4 is 11.1 Å². The van der Waals surface area contributed by atoms with Crippen molar-refractivity contribution in [2.24, 2.45) is 0 Å². The smallest absolute Gasteiger partial charge is 0.380 e. The summed E-state index contributed by atoms with van der Waals surface area (Å²) < 4.78 is 61.2. The van der Waals surface area contributed by atoms with Crippen molar-refractivity contribution in [3.05, 3.63) is 89.5 Å². The molecule has 0 saturated carbocycles. The minimum absolute atomic E-state index is 0.0229. The Morgan fingerprint density at radius 2 is 1.86 bits per heavy atom. The fourth-order valence-electron chi connectivity index (χ4n) is 3.84. The Morgan fingerprint density at radius 1 is 1.08 bits per heavy atom. The van der Waals surface area contributed by atoms with Gasteiger partial charge in [-0.2, -0.15) is 18.3 Å². The minimum Gasteiger partial charge on any atom is -0.380 e. The highest BCUT2D eigenvalue weighted by Crippen LogP contribution is 2.32. The molecule has 3 N–H and O–H groups in total. The number of rotatable bonds is 5. The first-order chi connectivity index (χ1) is 17.7. The Kier molecular flexibility index (Phi) is 6.20. The molecule has 12 heteroatoms. The zero-order valence-corrected chi connectivity index (χ0v) is 20.3. The van der Waals surface area contributed by atoms with E-state index in [4.69, 9.17) is 10.3 Å². The predicted octanol–water partition coefficient (Wildman–Crippen LogP) is 6.57. The van der Waals surface area contributed by atoms with Crippen LogP contribution in [0.2, 0.25) is 0 Å². The van der Waals surface area contributed by atoms with Gasteiger partial charge in [0.25, 0.3) is 5.91 Å². The Labute approximate surface area is 215 Å². The quantitative estimate of drug-likeness (QED) is 0.183. The van der Waals surface area contributed by atoms with Gasteiger partial charge in [0.1, 0.15) is 11.5 Å². The molecule has 5 rings (SSSR count). The van der Waals surface area contributed by atoms with Crippen LogP contribution >= 0.6 is 15.9 Å². The number of alkyl halides is 4. The number of nitrogen functional groups attached to an aromatic ring is 1. The van der Waals surface area contributed by atoms with E-state index >= 15 is 0 Å². The van der Waals surface area contributed by atoms with E-state index in [1.165, 1.54) is 30.3 Å². The van der Waals surface area contributed by atoms with Crippen LogP contribution in [0.4, 0.5) is 29.1 Å². The first-order valence-electron chi connectivity index (χ1n) is 10.7. The second-order valence-corrected chi connectivity index (χ2v) is 8.57. The van der Waals surface area contributed by atoms with Crippen LogP contribution in [0.3, 0.4) is 0 Å². The molecular weight excluding hydrogens is 558 g/mol. The number of nitrogens with two attached hydrogens (primary N) is 1. The second kappa shape index (κ2) is 9.36. The van der Waals surface area contributed by atoms with Crippen molar-refractivity contribution < 1.29 is 26.9 Å². The number of fused-ring (bicyclic) bond motifs is 1. The van der Waals surface area contributed by atoms with Gasteiger partial charge in [-0.05, 0) is 47.0 Å². The van der Waals surface area contributed by atoms with E-state index in [2.05, 4.69) is 31.5 Å². The molecule has 0 unspecified atom stereocenters. The number of carbonyl (C=O) groups excluding carboxylic acids is 1. The van der Waals surface area contributed by atoms with Crippen LogP contribution in [0.25, 0.3) is 27.8 Å². The van der Waals surface area contributed by atoms with Gasteiger partial charge in [-0.3, -0.25) is 4.79 Å². The van der Waals surface area contributed by atoms with Crippen molar-refractivity contribution >= 4 is 44.3 Å². The summed E-state index contributed by atoms with van der Waals surface area (Å²) in [6.07, 6.45) is -4.82. The van der Waals surface area contributed by atoms with E-state index < -0.39 is 29.3 Å². The summed E-state index contributed by atoms with van der Waals surface area (Å²) >= 11 is 3.40. The summed E-state index contributed by atoms with van der Waals surface area (Å²) in [6, 6.07) is 16.4. The van der Waals surface area contributed by atoms with Gasteiger partial charge in [-0.25, -0.2) is 9.07 Å². The largest absolute Gasteiger partial charge is 0.435 e. The fraction of sp³-hybridized carbons (Fsp3) is 0.0800. The number of amides is 1. The highest BCUT2D eigenvalue weighted by Gasteiger charge is 2.36. The van der Waals surface area contributed by atoms with Crippen molar-refractivity contribution in [1.29, 1.82) is 0 Å². The average molecular weight is 574 g/mol. The van der Waals surface area contributed by atoms with Gasteiger partial charge in [0.15, 0.2) is 17.1 Å². The van der Waals surface area contributed by atoms with Gasteiger partial charge in [0, 0.05) is 11.4 Å². The molecule has 0 bridgehead atoms. The maximum atomic E-state index is 15.0. The molecule has 2 aromatic heterocycles. The molecule has 0 radical (unpaired) electrons. The van der Waals surface area contributed by atoms with Crippen LogP contribution in [0.5, 0.6) is 0 Å². The van der Waals surface area contributed by atoms with Crippen molar-refractivity contribution in [3.63, 3.8) is 0 Å². The summed E-state index contributed by atoms with van der Waals surface area (Å²) in [5, 5.41) is 10.4. The summed E-state index contributed by atoms with van der Waals surface area (Å²) in [5.41, 5.74) is 6.51. The van der Waals surface area contributed by atoms with E-state index in [1.807, 2.05) is 24.3 Å². The fourth-order valence-corrected chi connectivity index (χ4v) is 4.33. The van der Waals surface area contributed by atoms with Gasteiger partial charge >= 0.3 is 6.18 Å². The van der Waals surface area contributed by atoms with Crippen LogP contribution in [-0.4, -0.2) is 20.8 Å². The van der Waals surface area contributed by atoms with Gasteiger partial charge in [0.05, 0.1) is 16.8 Å². The molecule has 0 spiro atoms. The van der Waals surface area contributed by atoms with E-state index in [-0.39, 0.29) is 17.2 Å². The van der Waals surface area contributed by atoms with Crippen LogP contribution in [0, 0.1) is 5.82 Å². The first-order valence-corrected chi connectivity index (χ1v) is 11.9. The number of nitrogens with one attached hydrogen (secondary N) is 1. The molecule has 0 aliphatic carbocycles. The van der Waals surface area contributed by atoms with Gasteiger partial charge in [-0.15, -0.1) is 0 Å². The zero-order chi connectivity index (χ0) is 26.3. The molecule has 0 fully saturated rings. The lowest BCUT2D eigenvalue weighted by atomic mass is 10.0. The van der Waals surface area contributed by atoms with E-state index in [9.17, 15) is 22.4 Å². The number of benzene rings is 3. The molecule has 0 saturated heterocycles. The molecule has 0 aliphatic rings. The van der Waals surface area contributed by atoms with Gasteiger partial charge < -0.3 is 15.6 Å². The molecule has 5 aromatic rings. The average Bonchev–Trinajstić information content (AvgIpc) is 3.49. The highest BCUT2D eigenvalue weighted by atomic mass is 79.9. The van der Waals surface area contributed by atoms with Crippen molar-refractivity contribution in [3.8, 4) is 16.8 Å². The molecule has 37 heavy (non-hydrogen) atoms. The lowest BCUT2D eigenvalue weighted by molar-refractivity contribution is -0.141. The third kappa shape index (κ3) is 4.67. The number of hydrogen-bond acceptors (Lipinski definition) is 5. The van der Waals surface area contributed by atoms with Crippen LogP contribution in [-0.2, 0) is 11.5 Å². The minimum atomic E-state index is -4.82. The van der Waals surface area contributed by atoms with Crippen molar-refractivity contribution in [2.75, 3.05) is 11.1 Å². The topological polar surface area (TPSA) is 99.0 Å². The van der Waals surface area contributed by atoms with E-state index in [0.29, 0.717) is 27.9 Å². The van der Waals surface area contributed by atoms with Crippen molar-refractivity contribution in [2.45, 2.75) is 11.5 Å². The third-order valence-corrected chi connectivity index (χ3v) is 6.25. The number of anilines is 2. The third-order valence-electron chi connectivity index (χ3n) is 5.65. The maximum absolute atomic E-state index is 15.0. The van der Waals surface area contributed by atoms with Gasteiger partial charge in [0.2, 0.25) is 0 Å². The second-order valence-electron chi connectivity index (χ2n) is 8.01. The van der Waals surface area contributed by atoms with Gasteiger partial charge in [-0.1, -0.05) is 51.4 Å². The highest BCUT2D eigenvalue weighted by molar-refractivity contribution is 9.08. The van der Waals surface area contributed by atoms with E-state index in [0.717, 1.165) is 15.8 Å². The summed E-state index contributed by atoms with van der Waals surface area (Å²) in [4.78, 5) is 13.1. The molecule has 3 aromatic carbocycles. The van der Waals surface area contributed by atoms with E-state index in [1.54, 1.807) is 6.07 Å². The number of hydrogen-bond donors (Lipinski definition) is 2. The Bertz CT molecular complexity index is 1640. The number of aromatic nitrogens is 3. The molecule has 7 nitrogen and oxygen atoms in total. The molecule has 2 heterocycles. The molecule has 0 aliphatic heterocycles. The molecule has 0 atom stereocenters. The summed E-state index contributed by atoms with van der Waals surface area (Å²) in [5.74, 6) is -1.72. The standard InChI is InChI=1S/C25H16BrF4N5O2/c26-12-14-3-1-2-4-16(14)13-5-7-19(18(27)9-13)32-24(36)20-11-22(25(28,29)30)33-35(20)15-6-8-21-17(10-15)23(31)34-37-21/h1-11H,12H2,(H2,31,34)(H,32,36). The van der Waals surface area contributed by atoms with Crippen LogP contribution in [0.15, 0.2) is 71.3 Å². The predicted molar refractivity (Wildman–Crippen MR) is 133 cm³/mol. The summed E-state index contributed by atoms with van der Waals surface area (Å²) in [7, 11) is 0. The Hall–Kier alpha value is -4.19. The Morgan fingerprint density at radius 3 is 2.59 bits per heavy atom. The molecule has 188 valence electrons. The Balaban J connectivity index is 1.51. The zero-order valence-electron chi connectivity index (χ0n) is 18.7. The SMILES string of the molecule is Nc1noc2ccc(-n3nc(C(F)(F)F)cc3C(=O)Nc3ccc(-c4ccccc4CBr)cc3F)cc12. The number of nitrogens with zero attached hydrogens (tertiary/aromatic N) is 3. The van der Waals surface area contributed by atoms with Crippen molar-refractivity contribution in [1.82, 2.24) is 14.9 Å². The lowest BCUT2D eigenvalue weighted by Crippen LogP contribution is -2.17. The lowest BCUT2D eigenvalue weighted by Gasteiger charge is -2.11. The molecular formula is C25H16BrF4N5O2. The first kappa shape index (κ1) is 24.5. The summed E-state index contributed by atoms with van der Waals surface area (Å²) in [6.45, 7) is 0. The molecule has 1 amide bonds. The number of halogens is 5.